The molecule has 3 aromatic rings. The second-order valence-corrected chi connectivity index (χ2v) is 10.4. The van der Waals surface area contributed by atoms with Crippen LogP contribution < -0.4 is 15.4 Å². The molecule has 3 N–H and O–H groups in total. The van der Waals surface area contributed by atoms with Gasteiger partial charge in [0.15, 0.2) is 0 Å². The van der Waals surface area contributed by atoms with Crippen molar-refractivity contribution in [1.82, 2.24) is 9.97 Å². The van der Waals surface area contributed by atoms with Gasteiger partial charge in [0.25, 0.3) is 0 Å². The van der Waals surface area contributed by atoms with Crippen LogP contribution in [0, 0.1) is 16.4 Å². The van der Waals surface area contributed by atoms with E-state index in [1.165, 1.54) is 24.5 Å². The van der Waals surface area contributed by atoms with E-state index in [1.807, 2.05) is 0 Å². The van der Waals surface area contributed by atoms with Crippen molar-refractivity contribution in [2.75, 3.05) is 30.0 Å². The molecule has 6 bridgehead atoms. The summed E-state index contributed by atoms with van der Waals surface area (Å²) in [6.07, 6.45) is 4.90. The molecule has 4 rings (SSSR count). The lowest BCUT2D eigenvalue weighted by Crippen LogP contribution is -2.06. The Labute approximate surface area is 191 Å². The predicted octanol–water partition coefficient (Wildman–Crippen LogP) is 5.32. The minimum atomic E-state index is -2.78. The molecule has 174 valence electrons. The number of nitrogens with zero attached hydrogens (tertiary/aromatic N) is 2. The fourth-order valence-corrected chi connectivity index (χ4v) is 4.39. The van der Waals surface area contributed by atoms with Crippen LogP contribution in [-0.4, -0.2) is 33.6 Å². The average molecular weight is 474 g/mol. The number of aromatic nitrogens is 2. The Bertz CT molecular complexity index is 1270. The number of halogens is 2. The molecule has 0 radical (unpaired) electrons. The highest BCUT2D eigenvalue weighted by atomic mass is 32.2. The van der Waals surface area contributed by atoms with Gasteiger partial charge in [-0.2, -0.15) is 4.98 Å². The third-order valence-corrected chi connectivity index (χ3v) is 5.96. The summed E-state index contributed by atoms with van der Waals surface area (Å²) in [5.41, 5.74) is 1.72. The second kappa shape index (κ2) is 9.70. The van der Waals surface area contributed by atoms with Crippen molar-refractivity contribution >= 4 is 27.1 Å². The van der Waals surface area contributed by atoms with E-state index < -0.39 is 21.4 Å². The highest BCUT2D eigenvalue weighted by Gasteiger charge is 2.13. The molecule has 2 aromatic heterocycles. The normalized spacial score (nSPS) is 15.8. The van der Waals surface area contributed by atoms with Crippen molar-refractivity contribution in [3.05, 3.63) is 59.8 Å². The van der Waals surface area contributed by atoms with Crippen molar-refractivity contribution in [1.29, 1.82) is 4.78 Å². The number of nitrogens with one attached hydrogen (secondary N) is 3. The summed E-state index contributed by atoms with van der Waals surface area (Å²) in [5, 5.41) is 6.12. The molecular formula is C23H25F2N5O2S. The molecule has 0 saturated carbocycles. The number of pyridine rings is 2. The quantitative estimate of drug-likeness (QED) is 0.466. The predicted molar refractivity (Wildman–Crippen MR) is 125 cm³/mol. The van der Waals surface area contributed by atoms with Gasteiger partial charge in [-0.15, -0.1) is 0 Å². The SMILES string of the molecule is CS(=N)(=O)Cc1cc2nc(c1)OCCCCCNc1cc(ccc1F)-c1cc(ncc1F)N2. The van der Waals surface area contributed by atoms with Crippen LogP contribution >= 0.6 is 0 Å². The Balaban J connectivity index is 1.75. The molecule has 3 heterocycles. The zero-order chi connectivity index (χ0) is 23.4. The zero-order valence-corrected chi connectivity index (χ0v) is 19.0. The van der Waals surface area contributed by atoms with Gasteiger partial charge in [-0.3, -0.25) is 4.78 Å². The van der Waals surface area contributed by atoms with Crippen molar-refractivity contribution in [3.8, 4) is 17.0 Å². The van der Waals surface area contributed by atoms with Gasteiger partial charge < -0.3 is 15.4 Å². The number of hydrogen-bond donors (Lipinski definition) is 3. The zero-order valence-electron chi connectivity index (χ0n) is 18.2. The van der Waals surface area contributed by atoms with Gasteiger partial charge in [-0.05, 0) is 54.7 Å². The fourth-order valence-electron chi connectivity index (χ4n) is 3.59. The first kappa shape index (κ1) is 22.9. The standard InChI is InChI=1S/C23H25F2N5O2S/c1-33(26,31)14-15-9-22-29-21-12-17(19(25)13-28-21)16-5-6-18(24)20(11-16)27-7-3-2-4-8-32-23(10-15)30-22/h5-6,9-13,26-27H,2-4,7-8,14H2,1H3,(H,28,29,30). The maximum Gasteiger partial charge on any atom is 0.215 e. The van der Waals surface area contributed by atoms with E-state index in [9.17, 15) is 13.0 Å². The van der Waals surface area contributed by atoms with Crippen LogP contribution in [0.4, 0.5) is 26.1 Å². The number of anilines is 3. The van der Waals surface area contributed by atoms with Crippen molar-refractivity contribution in [2.45, 2.75) is 25.0 Å². The lowest BCUT2D eigenvalue weighted by molar-refractivity contribution is 0.295. The van der Waals surface area contributed by atoms with E-state index in [1.54, 1.807) is 18.2 Å². The molecule has 1 unspecified atom stereocenters. The number of hydrogen-bond acceptors (Lipinski definition) is 7. The first-order valence-corrected chi connectivity index (χ1v) is 12.7. The summed E-state index contributed by atoms with van der Waals surface area (Å²) in [4.78, 5) is 8.53. The summed E-state index contributed by atoms with van der Waals surface area (Å²) in [6, 6.07) is 9.29. The monoisotopic (exact) mass is 473 g/mol. The molecule has 0 spiro atoms. The van der Waals surface area contributed by atoms with E-state index in [2.05, 4.69) is 20.6 Å². The maximum atomic E-state index is 14.6. The van der Waals surface area contributed by atoms with E-state index in [0.717, 1.165) is 25.5 Å². The molecule has 0 saturated heterocycles. The summed E-state index contributed by atoms with van der Waals surface area (Å²) in [5.74, 6) is 0.156. The number of fused-ring (bicyclic) bond motifs is 7. The van der Waals surface area contributed by atoms with Crippen molar-refractivity contribution in [2.24, 2.45) is 0 Å². The van der Waals surface area contributed by atoms with Crippen LogP contribution in [0.15, 0.2) is 42.6 Å². The van der Waals surface area contributed by atoms with Crippen LogP contribution in [0.3, 0.4) is 0 Å². The van der Waals surface area contributed by atoms with Crippen LogP contribution in [0.2, 0.25) is 0 Å². The molecule has 1 aliphatic rings. The maximum absolute atomic E-state index is 14.6. The molecule has 0 aliphatic carbocycles. The molecule has 0 fully saturated rings. The highest BCUT2D eigenvalue weighted by Crippen LogP contribution is 2.30. The van der Waals surface area contributed by atoms with Gasteiger partial charge in [0.1, 0.15) is 23.3 Å². The molecule has 7 nitrogen and oxygen atoms in total. The molecule has 1 atom stereocenters. The van der Waals surface area contributed by atoms with E-state index in [-0.39, 0.29) is 11.3 Å². The number of benzene rings is 1. The lowest BCUT2D eigenvalue weighted by Gasteiger charge is -2.13. The van der Waals surface area contributed by atoms with E-state index >= 15 is 0 Å². The first-order chi connectivity index (χ1) is 15.8. The van der Waals surface area contributed by atoms with Crippen LogP contribution in [0.1, 0.15) is 24.8 Å². The minimum Gasteiger partial charge on any atom is -0.478 e. The van der Waals surface area contributed by atoms with Gasteiger partial charge in [0.2, 0.25) is 5.88 Å². The minimum absolute atomic E-state index is 0.0483. The summed E-state index contributed by atoms with van der Waals surface area (Å²) in [7, 11) is -2.78. The summed E-state index contributed by atoms with van der Waals surface area (Å²) >= 11 is 0. The number of ether oxygens (including phenoxy) is 1. The van der Waals surface area contributed by atoms with Crippen molar-refractivity contribution < 1.29 is 17.7 Å². The molecule has 1 aromatic carbocycles. The smallest absolute Gasteiger partial charge is 0.215 e. The largest absolute Gasteiger partial charge is 0.478 e. The molecule has 1 aliphatic heterocycles. The second-order valence-electron chi connectivity index (χ2n) is 8.05. The highest BCUT2D eigenvalue weighted by molar-refractivity contribution is 7.90. The van der Waals surface area contributed by atoms with E-state index in [4.69, 9.17) is 9.52 Å². The third kappa shape index (κ3) is 6.16. The Kier molecular flexibility index (Phi) is 6.73. The Morgan fingerprint density at radius 1 is 1.09 bits per heavy atom. The van der Waals surface area contributed by atoms with Crippen LogP contribution in [0.25, 0.3) is 11.1 Å². The van der Waals surface area contributed by atoms with Crippen LogP contribution in [0.5, 0.6) is 5.88 Å². The average Bonchev–Trinajstić information content (AvgIpc) is 2.74. The third-order valence-electron chi connectivity index (χ3n) is 5.08. The van der Waals surface area contributed by atoms with Crippen LogP contribution in [-0.2, 0) is 15.5 Å². The Morgan fingerprint density at radius 3 is 2.76 bits per heavy atom. The topological polar surface area (TPSA) is 100.0 Å². The van der Waals surface area contributed by atoms with E-state index in [0.29, 0.717) is 47.5 Å². The molecule has 33 heavy (non-hydrogen) atoms. The van der Waals surface area contributed by atoms with Gasteiger partial charge >= 0.3 is 0 Å². The lowest BCUT2D eigenvalue weighted by atomic mass is 10.1. The first-order valence-electron chi connectivity index (χ1n) is 10.6. The summed E-state index contributed by atoms with van der Waals surface area (Å²) in [6.45, 7) is 0.999. The molecule has 0 amide bonds. The Hall–Kier alpha value is -3.27. The van der Waals surface area contributed by atoms with Gasteiger partial charge in [0.05, 0.1) is 24.2 Å². The van der Waals surface area contributed by atoms with Gasteiger partial charge in [-0.25, -0.2) is 18.0 Å². The summed E-state index contributed by atoms with van der Waals surface area (Å²) < 4.78 is 54.5. The van der Waals surface area contributed by atoms with Gasteiger partial charge in [-0.1, -0.05) is 6.07 Å². The number of rotatable bonds is 2. The fraction of sp³-hybridized carbons (Fsp3) is 0.304. The van der Waals surface area contributed by atoms with Crippen molar-refractivity contribution in [3.63, 3.8) is 0 Å². The molecule has 10 heteroatoms. The molecular weight excluding hydrogens is 448 g/mol. The Morgan fingerprint density at radius 2 is 1.94 bits per heavy atom. The van der Waals surface area contributed by atoms with Gasteiger partial charge in [0, 0.05) is 34.2 Å².